The lowest BCUT2D eigenvalue weighted by atomic mass is 9.78. The van der Waals surface area contributed by atoms with Gasteiger partial charge in [0.05, 0.1) is 4.83 Å². The van der Waals surface area contributed by atoms with Crippen molar-refractivity contribution in [3.63, 3.8) is 0 Å². The fourth-order valence-electron chi connectivity index (χ4n) is 2.66. The van der Waals surface area contributed by atoms with Gasteiger partial charge in [0.25, 0.3) is 0 Å². The van der Waals surface area contributed by atoms with E-state index in [-0.39, 0.29) is 4.83 Å². The molecule has 0 N–H and O–H groups in total. The lowest BCUT2D eigenvalue weighted by Gasteiger charge is -2.43. The number of halogens is 1. The van der Waals surface area contributed by atoms with Crippen LogP contribution in [0.3, 0.4) is 0 Å². The van der Waals surface area contributed by atoms with E-state index >= 15 is 0 Å². The molecule has 2 rings (SSSR count). The number of Topliss-reactive ketones (excluding diaryl/α,β-unsaturated/α-hetero) is 1. The molecule has 0 aromatic carbocycles. The summed E-state index contributed by atoms with van der Waals surface area (Å²) in [4.78, 5) is 14.0. The number of carbonyl (C=O) groups excluding carboxylic acids is 1. The Balaban J connectivity index is 2.08. The van der Waals surface area contributed by atoms with Gasteiger partial charge in [-0.2, -0.15) is 0 Å². The van der Waals surface area contributed by atoms with Crippen molar-refractivity contribution in [2.75, 3.05) is 13.6 Å². The van der Waals surface area contributed by atoms with E-state index in [1.165, 1.54) is 19.4 Å². The first-order chi connectivity index (χ1) is 6.18. The number of fused-ring (bicyclic) bond motifs is 1. The van der Waals surface area contributed by atoms with Crippen molar-refractivity contribution in [1.29, 1.82) is 0 Å². The number of hydrogen-bond donors (Lipinski definition) is 0. The van der Waals surface area contributed by atoms with Crippen LogP contribution in [0, 0.1) is 5.92 Å². The van der Waals surface area contributed by atoms with Gasteiger partial charge in [-0.1, -0.05) is 15.9 Å². The molecule has 13 heavy (non-hydrogen) atoms. The predicted octanol–water partition coefficient (Wildman–Crippen LogP) is 1.82. The van der Waals surface area contributed by atoms with Crippen LogP contribution in [0.15, 0.2) is 0 Å². The summed E-state index contributed by atoms with van der Waals surface area (Å²) < 4.78 is 0. The van der Waals surface area contributed by atoms with Gasteiger partial charge in [0.15, 0.2) is 0 Å². The Bertz CT molecular complexity index is 219. The molecular formula is C10H16BrNO. The first-order valence-electron chi connectivity index (χ1n) is 5.05. The average molecular weight is 246 g/mol. The van der Waals surface area contributed by atoms with E-state index in [0.717, 1.165) is 12.8 Å². The number of carbonyl (C=O) groups is 1. The van der Waals surface area contributed by atoms with Crippen LogP contribution in [0.25, 0.3) is 0 Å². The molecule has 2 aliphatic rings. The van der Waals surface area contributed by atoms with Crippen molar-refractivity contribution in [2.24, 2.45) is 5.92 Å². The molecule has 1 aliphatic carbocycles. The third-order valence-corrected chi connectivity index (χ3v) is 4.34. The quantitative estimate of drug-likeness (QED) is 0.608. The number of piperidine rings is 1. The summed E-state index contributed by atoms with van der Waals surface area (Å²) in [6, 6.07) is 0.649. The van der Waals surface area contributed by atoms with Gasteiger partial charge in [0.2, 0.25) is 0 Å². The molecule has 2 nitrogen and oxygen atoms in total. The van der Waals surface area contributed by atoms with Crippen molar-refractivity contribution in [3.8, 4) is 0 Å². The van der Waals surface area contributed by atoms with E-state index in [4.69, 9.17) is 0 Å². The molecular weight excluding hydrogens is 230 g/mol. The van der Waals surface area contributed by atoms with E-state index in [1.807, 2.05) is 0 Å². The van der Waals surface area contributed by atoms with Gasteiger partial charge in [-0.05, 0) is 38.8 Å². The van der Waals surface area contributed by atoms with Gasteiger partial charge in [-0.15, -0.1) is 0 Å². The molecule has 0 aromatic heterocycles. The molecule has 1 saturated carbocycles. The highest BCUT2D eigenvalue weighted by atomic mass is 79.9. The molecule has 0 radical (unpaired) electrons. The molecule has 2 fully saturated rings. The number of hydrogen-bond acceptors (Lipinski definition) is 2. The van der Waals surface area contributed by atoms with Crippen LogP contribution >= 0.6 is 15.9 Å². The zero-order valence-electron chi connectivity index (χ0n) is 8.00. The molecule has 0 amide bonds. The van der Waals surface area contributed by atoms with E-state index in [1.54, 1.807) is 0 Å². The second-order valence-electron chi connectivity index (χ2n) is 4.32. The maximum atomic E-state index is 11.5. The maximum absolute atomic E-state index is 11.5. The second kappa shape index (κ2) is 3.70. The first kappa shape index (κ1) is 9.66. The van der Waals surface area contributed by atoms with Gasteiger partial charge in [0, 0.05) is 12.5 Å². The van der Waals surface area contributed by atoms with Gasteiger partial charge in [-0.25, -0.2) is 0 Å². The average Bonchev–Trinajstić information content (AvgIpc) is 2.09. The molecule has 3 unspecified atom stereocenters. The van der Waals surface area contributed by atoms with Crippen LogP contribution in [0.5, 0.6) is 0 Å². The molecule has 0 bridgehead atoms. The number of alkyl halides is 1. The standard InChI is InChI=1S/C10H16BrNO/c1-12-4-2-3-7-5-10(13)8(11)6-9(7)12/h7-9H,2-6H2,1H3. The lowest BCUT2D eigenvalue weighted by Crippen LogP contribution is -2.49. The third-order valence-electron chi connectivity index (χ3n) is 3.46. The number of likely N-dealkylation sites (tertiary alicyclic amines) is 1. The van der Waals surface area contributed by atoms with Crippen LogP contribution in [-0.2, 0) is 4.79 Å². The number of ketones is 1. The summed E-state index contributed by atoms with van der Waals surface area (Å²) in [5.74, 6) is 1.05. The fourth-order valence-corrected chi connectivity index (χ4v) is 3.23. The lowest BCUT2D eigenvalue weighted by molar-refractivity contribution is -0.123. The second-order valence-corrected chi connectivity index (χ2v) is 5.43. The highest BCUT2D eigenvalue weighted by Crippen LogP contribution is 2.35. The third kappa shape index (κ3) is 1.82. The van der Waals surface area contributed by atoms with E-state index in [2.05, 4.69) is 27.9 Å². The van der Waals surface area contributed by atoms with E-state index in [0.29, 0.717) is 17.7 Å². The largest absolute Gasteiger partial charge is 0.303 e. The van der Waals surface area contributed by atoms with E-state index in [9.17, 15) is 4.79 Å². The monoisotopic (exact) mass is 245 g/mol. The van der Waals surface area contributed by atoms with Gasteiger partial charge >= 0.3 is 0 Å². The molecule has 1 aliphatic heterocycles. The van der Waals surface area contributed by atoms with Gasteiger partial charge in [-0.3, -0.25) is 4.79 Å². The minimum atomic E-state index is 0.120. The van der Waals surface area contributed by atoms with Crippen LogP contribution in [0.2, 0.25) is 0 Å². The highest BCUT2D eigenvalue weighted by Gasteiger charge is 2.38. The van der Waals surface area contributed by atoms with Crippen LogP contribution < -0.4 is 0 Å². The van der Waals surface area contributed by atoms with Crippen LogP contribution in [0.4, 0.5) is 0 Å². The Hall–Kier alpha value is 0.110. The summed E-state index contributed by atoms with van der Waals surface area (Å²) in [5, 5.41) is 0. The fraction of sp³-hybridized carbons (Fsp3) is 0.900. The summed E-state index contributed by atoms with van der Waals surface area (Å²) in [6.07, 6.45) is 4.32. The topological polar surface area (TPSA) is 20.3 Å². The number of nitrogens with zero attached hydrogens (tertiary/aromatic N) is 1. The van der Waals surface area contributed by atoms with Crippen LogP contribution in [0.1, 0.15) is 25.7 Å². The Kier molecular flexibility index (Phi) is 2.75. The minimum Gasteiger partial charge on any atom is -0.303 e. The number of rotatable bonds is 0. The predicted molar refractivity (Wildman–Crippen MR) is 56.1 cm³/mol. The van der Waals surface area contributed by atoms with Crippen molar-refractivity contribution in [3.05, 3.63) is 0 Å². The summed E-state index contributed by atoms with van der Waals surface area (Å²) in [7, 11) is 2.19. The minimum absolute atomic E-state index is 0.120. The summed E-state index contributed by atoms with van der Waals surface area (Å²) >= 11 is 3.47. The summed E-state index contributed by atoms with van der Waals surface area (Å²) in [5.41, 5.74) is 0. The zero-order chi connectivity index (χ0) is 9.42. The van der Waals surface area contributed by atoms with Gasteiger partial charge < -0.3 is 4.90 Å². The molecule has 0 spiro atoms. The SMILES string of the molecule is CN1CCCC2CC(=O)C(Br)CC21. The smallest absolute Gasteiger partial charge is 0.146 e. The van der Waals surface area contributed by atoms with Crippen LogP contribution in [-0.4, -0.2) is 35.1 Å². The Morgan fingerprint density at radius 1 is 1.54 bits per heavy atom. The molecule has 3 atom stereocenters. The Morgan fingerprint density at radius 2 is 2.31 bits per heavy atom. The molecule has 3 heteroatoms. The molecule has 1 heterocycles. The Morgan fingerprint density at radius 3 is 3.08 bits per heavy atom. The van der Waals surface area contributed by atoms with Crippen molar-refractivity contribution < 1.29 is 4.79 Å². The molecule has 1 saturated heterocycles. The zero-order valence-corrected chi connectivity index (χ0v) is 9.59. The first-order valence-corrected chi connectivity index (χ1v) is 5.97. The molecule has 74 valence electrons. The Labute approximate surface area is 87.8 Å². The maximum Gasteiger partial charge on any atom is 0.146 e. The van der Waals surface area contributed by atoms with E-state index < -0.39 is 0 Å². The van der Waals surface area contributed by atoms with Crippen molar-refractivity contribution in [1.82, 2.24) is 4.90 Å². The molecule has 0 aromatic rings. The normalized spacial score (nSPS) is 41.7. The summed E-state index contributed by atoms with van der Waals surface area (Å²) in [6.45, 7) is 1.20. The highest BCUT2D eigenvalue weighted by molar-refractivity contribution is 9.10. The van der Waals surface area contributed by atoms with Crippen molar-refractivity contribution >= 4 is 21.7 Å². The van der Waals surface area contributed by atoms with Gasteiger partial charge in [0.1, 0.15) is 5.78 Å². The van der Waals surface area contributed by atoms with Crippen molar-refractivity contribution in [2.45, 2.75) is 36.6 Å².